The van der Waals surface area contributed by atoms with Gasteiger partial charge >= 0.3 is 0 Å². The first-order chi connectivity index (χ1) is 6.99. The zero-order chi connectivity index (χ0) is 11.3. The quantitative estimate of drug-likeness (QED) is 0.663. The third-order valence-electron chi connectivity index (χ3n) is 2.85. The van der Waals surface area contributed by atoms with Gasteiger partial charge in [-0.1, -0.05) is 0 Å². The molecule has 1 heterocycles. The van der Waals surface area contributed by atoms with Gasteiger partial charge in [-0.15, -0.1) is 0 Å². The Balaban J connectivity index is 2.09. The van der Waals surface area contributed by atoms with Crippen molar-refractivity contribution in [3.63, 3.8) is 0 Å². The second kappa shape index (κ2) is 5.82. The molecule has 1 atom stereocenters. The van der Waals surface area contributed by atoms with Crippen molar-refractivity contribution >= 4 is 9.84 Å². The Labute approximate surface area is 93.0 Å². The van der Waals surface area contributed by atoms with Gasteiger partial charge in [0.2, 0.25) is 0 Å². The summed E-state index contributed by atoms with van der Waals surface area (Å²) >= 11 is 0. The molecule has 90 valence electrons. The lowest BCUT2D eigenvalue weighted by Gasteiger charge is -2.23. The molecule has 1 unspecified atom stereocenters. The highest BCUT2D eigenvalue weighted by Crippen LogP contribution is 2.10. The molecule has 0 aromatic carbocycles. The van der Waals surface area contributed by atoms with Gasteiger partial charge in [0.25, 0.3) is 0 Å². The second-order valence-corrected chi connectivity index (χ2v) is 6.69. The summed E-state index contributed by atoms with van der Waals surface area (Å²) in [6.45, 7) is 6.02. The number of sulfone groups is 1. The van der Waals surface area contributed by atoms with E-state index in [0.717, 1.165) is 6.54 Å². The molecule has 1 rings (SSSR count). The molecule has 1 N–H and O–H groups in total. The van der Waals surface area contributed by atoms with E-state index in [1.807, 2.05) is 0 Å². The maximum absolute atomic E-state index is 10.9. The van der Waals surface area contributed by atoms with Crippen LogP contribution in [0.2, 0.25) is 0 Å². The fourth-order valence-corrected chi connectivity index (χ4v) is 2.40. The number of rotatable bonds is 6. The summed E-state index contributed by atoms with van der Waals surface area (Å²) in [5, 5.41) is 3.20. The Bertz CT molecular complexity index is 271. The average molecular weight is 234 g/mol. The molecule has 4 nitrogen and oxygen atoms in total. The number of hydrogen-bond donors (Lipinski definition) is 1. The summed E-state index contributed by atoms with van der Waals surface area (Å²) in [4.78, 5) is 2.45. The summed E-state index contributed by atoms with van der Waals surface area (Å²) in [6.07, 6.45) is 3.87. The van der Waals surface area contributed by atoms with Crippen molar-refractivity contribution in [2.75, 3.05) is 38.2 Å². The molecule has 0 aromatic heterocycles. The van der Waals surface area contributed by atoms with E-state index in [9.17, 15) is 8.42 Å². The van der Waals surface area contributed by atoms with Gasteiger partial charge < -0.3 is 5.32 Å². The van der Waals surface area contributed by atoms with Crippen LogP contribution in [0.3, 0.4) is 0 Å². The van der Waals surface area contributed by atoms with Crippen molar-refractivity contribution in [3.8, 4) is 0 Å². The summed E-state index contributed by atoms with van der Waals surface area (Å²) < 4.78 is 21.8. The van der Waals surface area contributed by atoms with Crippen molar-refractivity contribution in [1.82, 2.24) is 10.2 Å². The minimum absolute atomic E-state index is 0.236. The molecule has 1 saturated heterocycles. The van der Waals surface area contributed by atoms with E-state index < -0.39 is 9.84 Å². The summed E-state index contributed by atoms with van der Waals surface area (Å²) in [7, 11) is -2.82. The number of likely N-dealkylation sites (tertiary alicyclic amines) is 1. The van der Waals surface area contributed by atoms with E-state index in [1.165, 1.54) is 32.2 Å². The highest BCUT2D eigenvalue weighted by molar-refractivity contribution is 7.90. The van der Waals surface area contributed by atoms with Crippen LogP contribution in [-0.2, 0) is 9.84 Å². The zero-order valence-corrected chi connectivity index (χ0v) is 10.5. The van der Waals surface area contributed by atoms with E-state index in [2.05, 4.69) is 17.1 Å². The van der Waals surface area contributed by atoms with Gasteiger partial charge in [-0.3, -0.25) is 4.90 Å². The van der Waals surface area contributed by atoms with Crippen LogP contribution in [0.5, 0.6) is 0 Å². The summed E-state index contributed by atoms with van der Waals surface area (Å²) in [5.74, 6) is 0.236. The molecule has 0 bridgehead atoms. The Hall–Kier alpha value is -0.130. The number of nitrogens with zero attached hydrogens (tertiary/aromatic N) is 1. The van der Waals surface area contributed by atoms with Crippen LogP contribution in [0.15, 0.2) is 0 Å². The fraction of sp³-hybridized carbons (Fsp3) is 1.00. The zero-order valence-electron chi connectivity index (χ0n) is 9.70. The average Bonchev–Trinajstić information content (AvgIpc) is 2.63. The first-order valence-electron chi connectivity index (χ1n) is 5.61. The van der Waals surface area contributed by atoms with Gasteiger partial charge in [0.15, 0.2) is 0 Å². The monoisotopic (exact) mass is 234 g/mol. The Morgan fingerprint density at radius 3 is 2.47 bits per heavy atom. The lowest BCUT2D eigenvalue weighted by atomic mass is 10.3. The Kier molecular flexibility index (Phi) is 5.02. The van der Waals surface area contributed by atoms with Crippen molar-refractivity contribution in [3.05, 3.63) is 0 Å². The van der Waals surface area contributed by atoms with Crippen LogP contribution in [0, 0.1) is 0 Å². The van der Waals surface area contributed by atoms with Gasteiger partial charge in [-0.05, 0) is 32.9 Å². The Morgan fingerprint density at radius 1 is 1.33 bits per heavy atom. The molecule has 1 fully saturated rings. The molecule has 15 heavy (non-hydrogen) atoms. The molecule has 0 amide bonds. The predicted octanol–water partition coefficient (Wildman–Crippen LogP) is 0.105. The first kappa shape index (κ1) is 12.9. The molecule has 0 spiro atoms. The van der Waals surface area contributed by atoms with Gasteiger partial charge in [-0.25, -0.2) is 8.42 Å². The van der Waals surface area contributed by atoms with E-state index in [-0.39, 0.29) is 5.75 Å². The molecule has 1 aliphatic rings. The van der Waals surface area contributed by atoms with Crippen molar-refractivity contribution in [2.45, 2.75) is 25.8 Å². The summed E-state index contributed by atoms with van der Waals surface area (Å²) in [5.41, 5.74) is 0. The first-order valence-corrected chi connectivity index (χ1v) is 7.67. The van der Waals surface area contributed by atoms with Crippen LogP contribution in [-0.4, -0.2) is 57.5 Å². The third-order valence-corrected chi connectivity index (χ3v) is 3.80. The van der Waals surface area contributed by atoms with Crippen molar-refractivity contribution in [2.24, 2.45) is 0 Å². The molecule has 0 radical (unpaired) electrons. The standard InChI is InChI=1S/C10H22N2O2S/c1-10(12-6-3-4-7-12)9-11-5-8-15(2,13)14/h10-11H,3-9H2,1-2H3. The third kappa shape index (κ3) is 5.49. The van der Waals surface area contributed by atoms with Crippen LogP contribution < -0.4 is 5.32 Å². The maximum atomic E-state index is 10.9. The fourth-order valence-electron chi connectivity index (χ4n) is 1.88. The second-order valence-electron chi connectivity index (χ2n) is 4.43. The lowest BCUT2D eigenvalue weighted by Crippen LogP contribution is -2.39. The minimum Gasteiger partial charge on any atom is -0.314 e. The predicted molar refractivity (Wildman–Crippen MR) is 62.8 cm³/mol. The number of hydrogen-bond acceptors (Lipinski definition) is 4. The topological polar surface area (TPSA) is 49.4 Å². The summed E-state index contributed by atoms with van der Waals surface area (Å²) in [6, 6.07) is 0.520. The molecular formula is C10H22N2O2S. The molecule has 1 aliphatic heterocycles. The smallest absolute Gasteiger partial charge is 0.148 e. The van der Waals surface area contributed by atoms with E-state index in [0.29, 0.717) is 12.6 Å². The molecule has 0 aliphatic carbocycles. The Morgan fingerprint density at radius 2 is 1.93 bits per heavy atom. The van der Waals surface area contributed by atoms with Gasteiger partial charge in [0.05, 0.1) is 5.75 Å². The highest BCUT2D eigenvalue weighted by Gasteiger charge is 2.17. The molecule has 0 saturated carbocycles. The largest absolute Gasteiger partial charge is 0.314 e. The minimum atomic E-state index is -2.82. The highest BCUT2D eigenvalue weighted by atomic mass is 32.2. The van der Waals surface area contributed by atoms with E-state index in [1.54, 1.807) is 0 Å². The van der Waals surface area contributed by atoms with E-state index >= 15 is 0 Å². The SMILES string of the molecule is CC(CNCCS(C)(=O)=O)N1CCCC1. The van der Waals surface area contributed by atoms with Gasteiger partial charge in [-0.2, -0.15) is 0 Å². The van der Waals surface area contributed by atoms with Crippen LogP contribution in [0.4, 0.5) is 0 Å². The molecule has 0 aromatic rings. The number of nitrogens with one attached hydrogen (secondary N) is 1. The van der Waals surface area contributed by atoms with Crippen molar-refractivity contribution in [1.29, 1.82) is 0 Å². The molecular weight excluding hydrogens is 212 g/mol. The molecule has 5 heteroatoms. The van der Waals surface area contributed by atoms with Crippen LogP contribution in [0.1, 0.15) is 19.8 Å². The lowest BCUT2D eigenvalue weighted by molar-refractivity contribution is 0.253. The van der Waals surface area contributed by atoms with Gasteiger partial charge in [0.1, 0.15) is 9.84 Å². The maximum Gasteiger partial charge on any atom is 0.148 e. The van der Waals surface area contributed by atoms with Crippen molar-refractivity contribution < 1.29 is 8.42 Å². The normalized spacial score (nSPS) is 20.7. The van der Waals surface area contributed by atoms with E-state index in [4.69, 9.17) is 0 Å². The van der Waals surface area contributed by atoms with Gasteiger partial charge in [0, 0.05) is 25.4 Å². The van der Waals surface area contributed by atoms with Crippen LogP contribution >= 0.6 is 0 Å². The van der Waals surface area contributed by atoms with Crippen LogP contribution in [0.25, 0.3) is 0 Å².